The molecule has 0 spiro atoms. The van der Waals surface area contributed by atoms with Gasteiger partial charge in [-0.25, -0.2) is 0 Å². The first-order valence-corrected chi connectivity index (χ1v) is 33.2. The molecule has 0 atom stereocenters. The minimum absolute atomic E-state index is 0.383. The lowest BCUT2D eigenvalue weighted by Gasteiger charge is -2.08. The van der Waals surface area contributed by atoms with E-state index in [1.54, 1.807) is 24.3 Å². The third-order valence-corrected chi connectivity index (χ3v) is 15.9. The van der Waals surface area contributed by atoms with Crippen LogP contribution in [0.25, 0.3) is 24.3 Å². The molecule has 4 aromatic rings. The summed E-state index contributed by atoms with van der Waals surface area (Å²) in [5.41, 5.74) is 10.1. The summed E-state index contributed by atoms with van der Waals surface area (Å²) >= 11 is 0. The normalized spacial score (nSPS) is 11.5. The zero-order valence-electron chi connectivity index (χ0n) is 50.9. The smallest absolute Gasteiger partial charge is 0.269 e. The fourth-order valence-corrected chi connectivity index (χ4v) is 10.6. The zero-order valence-corrected chi connectivity index (χ0v) is 50.9. The number of nitrogens with one attached hydrogen (secondary N) is 2. The van der Waals surface area contributed by atoms with Crippen molar-refractivity contribution in [1.82, 2.24) is 10.9 Å². The Labute approximate surface area is 489 Å². The van der Waals surface area contributed by atoms with E-state index in [2.05, 4.69) is 61.1 Å². The summed E-state index contributed by atoms with van der Waals surface area (Å²) in [5, 5.41) is 0. The van der Waals surface area contributed by atoms with Crippen LogP contribution in [0, 0.1) is 0 Å². The molecule has 6 nitrogen and oxygen atoms in total. The van der Waals surface area contributed by atoms with Gasteiger partial charge < -0.3 is 9.47 Å². The largest absolute Gasteiger partial charge is 0.494 e. The van der Waals surface area contributed by atoms with Gasteiger partial charge in [0.1, 0.15) is 11.5 Å². The number of rotatable bonds is 50. The van der Waals surface area contributed by atoms with E-state index in [0.29, 0.717) is 11.1 Å². The lowest BCUT2D eigenvalue weighted by molar-refractivity contribution is 0.0846. The Hall–Kier alpha value is -5.10. The van der Waals surface area contributed by atoms with E-state index in [1.807, 2.05) is 60.7 Å². The molecule has 0 bridgehead atoms. The molecule has 4 aromatic carbocycles. The van der Waals surface area contributed by atoms with Gasteiger partial charge >= 0.3 is 0 Å². The molecule has 6 heteroatoms. The predicted molar refractivity (Wildman–Crippen MR) is 346 cm³/mol. The summed E-state index contributed by atoms with van der Waals surface area (Å²) in [7, 11) is 0. The first-order valence-electron chi connectivity index (χ1n) is 33.2. The Kier molecular flexibility index (Phi) is 40.0. The lowest BCUT2D eigenvalue weighted by atomic mass is 10.0. The second-order valence-electron chi connectivity index (χ2n) is 23.1. The number of unbranched alkanes of at least 4 members (excludes halogenated alkanes) is 38. The molecule has 0 heterocycles. The summed E-state index contributed by atoms with van der Waals surface area (Å²) in [5.74, 6) is 1.04. The van der Waals surface area contributed by atoms with E-state index < -0.39 is 0 Å². The SMILES string of the molecule is CCCCCCCCCCCCCCCCCCCCCCOc1ccc(/C=C/c2ccc(C(=O)NNC(=O)c3ccc(/C=C/c4ccc(OCCCCCCCCCCCCCCCCCCCCCC)cc4)cc3)cc2)cc1. The molecule has 2 N–H and O–H groups in total. The zero-order chi connectivity index (χ0) is 56.4. The molecule has 0 unspecified atom stereocenters. The Morgan fingerprint density at radius 3 is 0.675 bits per heavy atom. The summed E-state index contributed by atoms with van der Waals surface area (Å²) in [6.07, 6.45) is 63.7. The van der Waals surface area contributed by atoms with Crippen molar-refractivity contribution in [2.24, 2.45) is 0 Å². The van der Waals surface area contributed by atoms with Crippen molar-refractivity contribution >= 4 is 36.1 Å². The van der Waals surface area contributed by atoms with E-state index in [4.69, 9.17) is 9.47 Å². The van der Waals surface area contributed by atoms with Crippen LogP contribution in [0.4, 0.5) is 0 Å². The van der Waals surface area contributed by atoms with Crippen LogP contribution in [0.15, 0.2) is 97.1 Å². The van der Waals surface area contributed by atoms with Crippen molar-refractivity contribution in [1.29, 1.82) is 0 Å². The Morgan fingerprint density at radius 2 is 0.463 bits per heavy atom. The van der Waals surface area contributed by atoms with Crippen LogP contribution >= 0.6 is 0 Å². The van der Waals surface area contributed by atoms with Gasteiger partial charge in [0.25, 0.3) is 11.8 Å². The fraction of sp³-hybridized carbons (Fsp3) is 0.595. The van der Waals surface area contributed by atoms with Gasteiger partial charge in [0, 0.05) is 11.1 Å². The molecule has 442 valence electrons. The Bertz CT molecular complexity index is 1990. The van der Waals surface area contributed by atoms with Crippen LogP contribution in [0.3, 0.4) is 0 Å². The minimum atomic E-state index is -0.383. The van der Waals surface area contributed by atoms with Crippen molar-refractivity contribution in [3.63, 3.8) is 0 Å². The lowest BCUT2D eigenvalue weighted by Crippen LogP contribution is -2.41. The highest BCUT2D eigenvalue weighted by Gasteiger charge is 2.10. The molecule has 0 aliphatic rings. The number of carbonyl (C=O) groups excluding carboxylic acids is 2. The van der Waals surface area contributed by atoms with E-state index in [0.717, 1.165) is 59.8 Å². The topological polar surface area (TPSA) is 76.7 Å². The maximum absolute atomic E-state index is 12.9. The van der Waals surface area contributed by atoms with Crippen LogP contribution in [0.2, 0.25) is 0 Å². The second-order valence-corrected chi connectivity index (χ2v) is 23.1. The summed E-state index contributed by atoms with van der Waals surface area (Å²) in [6.45, 7) is 6.11. The van der Waals surface area contributed by atoms with Crippen molar-refractivity contribution in [2.75, 3.05) is 13.2 Å². The Morgan fingerprint density at radius 1 is 0.275 bits per heavy atom. The summed E-state index contributed by atoms with van der Waals surface area (Å²) < 4.78 is 12.1. The maximum atomic E-state index is 12.9. The van der Waals surface area contributed by atoms with Gasteiger partial charge in [-0.1, -0.05) is 331 Å². The molecule has 4 rings (SSSR count). The third-order valence-electron chi connectivity index (χ3n) is 15.9. The van der Waals surface area contributed by atoms with Gasteiger partial charge in [0.15, 0.2) is 0 Å². The standard InChI is InChI=1S/C74H112N2O4/c1-3-5-7-9-11-13-15-17-19-21-23-25-27-29-31-33-35-37-39-41-63-79-71-59-51-67(52-60-71)45-43-65-47-55-69(56-48-65)73(77)75-76-74(78)70-57-49-66(50-58-70)44-46-68-53-61-72(62-54-68)80-64-42-40-38-36-34-32-30-28-26-24-22-20-18-16-14-12-10-8-6-4-2/h43-62H,3-42,63-64H2,1-2H3,(H,75,77)(H,76,78)/b45-43+,46-44+. The minimum Gasteiger partial charge on any atom is -0.494 e. The van der Waals surface area contributed by atoms with Crippen LogP contribution in [-0.4, -0.2) is 25.0 Å². The average molecular weight is 1090 g/mol. The van der Waals surface area contributed by atoms with Crippen molar-refractivity contribution in [3.8, 4) is 11.5 Å². The predicted octanol–water partition coefficient (Wildman–Crippen LogP) is 22.5. The van der Waals surface area contributed by atoms with Crippen molar-refractivity contribution < 1.29 is 19.1 Å². The van der Waals surface area contributed by atoms with Gasteiger partial charge in [-0.2, -0.15) is 0 Å². The fourth-order valence-electron chi connectivity index (χ4n) is 10.6. The van der Waals surface area contributed by atoms with Crippen LogP contribution in [0.1, 0.15) is 314 Å². The number of amides is 2. The monoisotopic (exact) mass is 1090 g/mol. The van der Waals surface area contributed by atoms with E-state index in [-0.39, 0.29) is 11.8 Å². The highest BCUT2D eigenvalue weighted by atomic mass is 16.5. The molecule has 0 radical (unpaired) electrons. The summed E-state index contributed by atoms with van der Waals surface area (Å²) in [6, 6.07) is 31.0. The number of benzene rings is 4. The number of hydrogen-bond donors (Lipinski definition) is 2. The molecule has 2 amide bonds. The van der Waals surface area contributed by atoms with Crippen molar-refractivity contribution in [3.05, 3.63) is 130 Å². The molecular weight excluding hydrogens is 981 g/mol. The third kappa shape index (κ3) is 34.9. The molecule has 0 aliphatic heterocycles. The van der Waals surface area contributed by atoms with Gasteiger partial charge in [-0.05, 0) is 83.6 Å². The first kappa shape index (κ1) is 67.4. The van der Waals surface area contributed by atoms with Crippen molar-refractivity contribution in [2.45, 2.75) is 271 Å². The molecule has 0 aromatic heterocycles. The number of carbonyl (C=O) groups is 2. The average Bonchev–Trinajstić information content (AvgIpc) is 3.49. The molecule has 80 heavy (non-hydrogen) atoms. The number of hydrazine groups is 1. The quantitative estimate of drug-likeness (QED) is 0.0262. The highest BCUT2D eigenvalue weighted by Crippen LogP contribution is 2.21. The number of ether oxygens (including phenoxy) is 2. The van der Waals surface area contributed by atoms with E-state index in [9.17, 15) is 9.59 Å². The van der Waals surface area contributed by atoms with E-state index in [1.165, 1.54) is 244 Å². The molecular formula is C74H112N2O4. The first-order chi connectivity index (χ1) is 39.5. The highest BCUT2D eigenvalue weighted by molar-refractivity contribution is 5.99. The van der Waals surface area contributed by atoms with Crippen LogP contribution in [0.5, 0.6) is 11.5 Å². The Balaban J connectivity index is 0.953. The molecule has 0 aliphatic carbocycles. The summed E-state index contributed by atoms with van der Waals surface area (Å²) in [4.78, 5) is 25.7. The van der Waals surface area contributed by atoms with Crippen LogP contribution < -0.4 is 20.3 Å². The van der Waals surface area contributed by atoms with Gasteiger partial charge in [-0.15, -0.1) is 0 Å². The van der Waals surface area contributed by atoms with E-state index >= 15 is 0 Å². The van der Waals surface area contributed by atoms with Crippen LogP contribution in [-0.2, 0) is 0 Å². The molecule has 0 saturated heterocycles. The van der Waals surface area contributed by atoms with Gasteiger partial charge in [0.2, 0.25) is 0 Å². The maximum Gasteiger partial charge on any atom is 0.269 e. The van der Waals surface area contributed by atoms with Gasteiger partial charge in [-0.3, -0.25) is 20.4 Å². The second kappa shape index (κ2) is 47.5. The molecule has 0 fully saturated rings. The number of hydrogen-bond acceptors (Lipinski definition) is 4. The van der Waals surface area contributed by atoms with Gasteiger partial charge in [0.05, 0.1) is 13.2 Å². The molecule has 0 saturated carbocycles.